The number of aromatic nitrogens is 2. The predicted molar refractivity (Wildman–Crippen MR) is 68.7 cm³/mol. The molecule has 5 heteroatoms. The molecular formula is C14H14N2O3. The highest BCUT2D eigenvalue weighted by Crippen LogP contribution is 2.35. The summed E-state index contributed by atoms with van der Waals surface area (Å²) in [6.45, 7) is 1.88. The highest BCUT2D eigenvalue weighted by atomic mass is 16.5. The molecule has 0 aliphatic carbocycles. The van der Waals surface area contributed by atoms with E-state index in [0.717, 1.165) is 0 Å². The van der Waals surface area contributed by atoms with Crippen molar-refractivity contribution >= 4 is 5.78 Å². The molecule has 0 N–H and O–H groups in total. The third-order valence-electron chi connectivity index (χ3n) is 3.33. The fourth-order valence-electron chi connectivity index (χ4n) is 2.38. The van der Waals surface area contributed by atoms with Gasteiger partial charge >= 0.3 is 0 Å². The van der Waals surface area contributed by atoms with Crippen molar-refractivity contribution in [2.75, 3.05) is 7.11 Å². The van der Waals surface area contributed by atoms with Crippen LogP contribution in [0.5, 0.6) is 11.5 Å². The number of rotatable bonds is 2. The summed E-state index contributed by atoms with van der Waals surface area (Å²) in [6.07, 6.45) is 4.82. The van der Waals surface area contributed by atoms with Crippen LogP contribution in [0.4, 0.5) is 0 Å². The first-order valence-electron chi connectivity index (χ1n) is 6.07. The highest BCUT2D eigenvalue weighted by molar-refractivity contribution is 6.02. The number of hydrogen-bond donors (Lipinski definition) is 0. The van der Waals surface area contributed by atoms with Gasteiger partial charge in [-0.1, -0.05) is 0 Å². The Kier molecular flexibility index (Phi) is 2.74. The SMILES string of the molecule is COc1ccc2c(c1)O[C@@H](C)[C@H](n1ccnc1)C2=O. The minimum atomic E-state index is -0.372. The van der Waals surface area contributed by atoms with Gasteiger partial charge in [0, 0.05) is 18.5 Å². The second-order valence-corrected chi connectivity index (χ2v) is 4.50. The van der Waals surface area contributed by atoms with Crippen molar-refractivity contribution in [3.8, 4) is 11.5 Å². The summed E-state index contributed by atoms with van der Waals surface area (Å²) in [7, 11) is 1.59. The molecule has 0 spiro atoms. The minimum absolute atomic E-state index is 0.0365. The van der Waals surface area contributed by atoms with Crippen LogP contribution in [0.1, 0.15) is 23.3 Å². The van der Waals surface area contributed by atoms with Gasteiger partial charge in [-0.2, -0.15) is 0 Å². The molecule has 0 unspecified atom stereocenters. The molecule has 98 valence electrons. The summed E-state index contributed by atoms with van der Waals surface area (Å²) in [5, 5.41) is 0. The average molecular weight is 258 g/mol. The standard InChI is InChI=1S/C14H14N2O3/c1-9-13(16-6-5-15-8-16)14(17)11-4-3-10(18-2)7-12(11)19-9/h3-9,13H,1-2H3/t9-,13-/m0/s1. The number of fused-ring (bicyclic) bond motifs is 1. The Morgan fingerprint density at radius 1 is 1.42 bits per heavy atom. The quantitative estimate of drug-likeness (QED) is 0.827. The summed E-state index contributed by atoms with van der Waals surface area (Å²) < 4.78 is 12.8. The zero-order chi connectivity index (χ0) is 13.4. The van der Waals surface area contributed by atoms with E-state index in [1.807, 2.05) is 6.92 Å². The average Bonchev–Trinajstić information content (AvgIpc) is 2.91. The molecule has 2 atom stereocenters. The summed E-state index contributed by atoms with van der Waals surface area (Å²) >= 11 is 0. The maximum Gasteiger partial charge on any atom is 0.193 e. The van der Waals surface area contributed by atoms with E-state index in [4.69, 9.17) is 9.47 Å². The van der Waals surface area contributed by atoms with Crippen LogP contribution in [0, 0.1) is 0 Å². The third kappa shape index (κ3) is 1.87. The van der Waals surface area contributed by atoms with Crippen molar-refractivity contribution in [3.63, 3.8) is 0 Å². The molecule has 0 amide bonds. The van der Waals surface area contributed by atoms with E-state index < -0.39 is 0 Å². The molecular weight excluding hydrogens is 244 g/mol. The van der Waals surface area contributed by atoms with E-state index in [9.17, 15) is 4.79 Å². The summed E-state index contributed by atoms with van der Waals surface area (Å²) in [4.78, 5) is 16.5. The van der Waals surface area contributed by atoms with E-state index in [-0.39, 0.29) is 17.9 Å². The van der Waals surface area contributed by atoms with E-state index in [2.05, 4.69) is 4.98 Å². The van der Waals surface area contributed by atoms with E-state index in [0.29, 0.717) is 17.1 Å². The van der Waals surface area contributed by atoms with Gasteiger partial charge < -0.3 is 14.0 Å². The number of nitrogens with zero attached hydrogens (tertiary/aromatic N) is 2. The lowest BCUT2D eigenvalue weighted by molar-refractivity contribution is 0.0717. The van der Waals surface area contributed by atoms with E-state index >= 15 is 0 Å². The van der Waals surface area contributed by atoms with Gasteiger partial charge in [-0.05, 0) is 19.1 Å². The Hall–Kier alpha value is -2.30. The van der Waals surface area contributed by atoms with Crippen LogP contribution in [0.15, 0.2) is 36.9 Å². The number of ketones is 1. The van der Waals surface area contributed by atoms with Crippen LogP contribution >= 0.6 is 0 Å². The smallest absolute Gasteiger partial charge is 0.193 e. The molecule has 1 aliphatic rings. The Morgan fingerprint density at radius 3 is 2.95 bits per heavy atom. The number of hydrogen-bond acceptors (Lipinski definition) is 4. The maximum absolute atomic E-state index is 12.6. The number of carbonyl (C=O) groups excluding carboxylic acids is 1. The molecule has 5 nitrogen and oxygen atoms in total. The van der Waals surface area contributed by atoms with Crippen molar-refractivity contribution in [1.82, 2.24) is 9.55 Å². The molecule has 0 saturated carbocycles. The van der Waals surface area contributed by atoms with Gasteiger partial charge in [0.2, 0.25) is 0 Å². The Labute approximate surface area is 110 Å². The molecule has 1 aromatic carbocycles. The predicted octanol–water partition coefficient (Wildman–Crippen LogP) is 2.10. The second-order valence-electron chi connectivity index (χ2n) is 4.50. The molecule has 0 saturated heterocycles. The fraction of sp³-hybridized carbons (Fsp3) is 0.286. The van der Waals surface area contributed by atoms with Crippen molar-refractivity contribution in [3.05, 3.63) is 42.5 Å². The van der Waals surface area contributed by atoms with Gasteiger partial charge in [0.25, 0.3) is 0 Å². The van der Waals surface area contributed by atoms with Gasteiger partial charge in [0.15, 0.2) is 5.78 Å². The van der Waals surface area contributed by atoms with Gasteiger partial charge in [-0.3, -0.25) is 4.79 Å². The Morgan fingerprint density at radius 2 is 2.26 bits per heavy atom. The number of ether oxygens (including phenoxy) is 2. The summed E-state index contributed by atoms with van der Waals surface area (Å²) in [5.41, 5.74) is 0.581. The number of imidazole rings is 1. The monoisotopic (exact) mass is 258 g/mol. The van der Waals surface area contributed by atoms with Crippen LogP contribution in [0.25, 0.3) is 0 Å². The first kappa shape index (κ1) is 11.8. The first-order chi connectivity index (χ1) is 9.20. The Balaban J connectivity index is 2.03. The highest BCUT2D eigenvalue weighted by Gasteiger charge is 2.35. The second kappa shape index (κ2) is 4.42. The fourth-order valence-corrected chi connectivity index (χ4v) is 2.38. The molecule has 2 heterocycles. The van der Waals surface area contributed by atoms with Crippen LogP contribution < -0.4 is 9.47 Å². The Bertz CT molecular complexity index is 607. The zero-order valence-corrected chi connectivity index (χ0v) is 10.7. The topological polar surface area (TPSA) is 53.4 Å². The number of carbonyl (C=O) groups is 1. The van der Waals surface area contributed by atoms with E-state index in [1.165, 1.54) is 0 Å². The van der Waals surface area contributed by atoms with Crippen molar-refractivity contribution < 1.29 is 14.3 Å². The lowest BCUT2D eigenvalue weighted by Crippen LogP contribution is -2.37. The normalized spacial score (nSPS) is 21.7. The third-order valence-corrected chi connectivity index (χ3v) is 3.33. The molecule has 0 radical (unpaired) electrons. The number of Topliss-reactive ketones (excluding diaryl/α,β-unsaturated/α-hetero) is 1. The van der Waals surface area contributed by atoms with Crippen LogP contribution in [-0.2, 0) is 0 Å². The summed E-state index contributed by atoms with van der Waals surface area (Å²) in [6, 6.07) is 4.88. The molecule has 19 heavy (non-hydrogen) atoms. The largest absolute Gasteiger partial charge is 0.497 e. The zero-order valence-electron chi connectivity index (χ0n) is 10.7. The van der Waals surface area contributed by atoms with Crippen molar-refractivity contribution in [1.29, 1.82) is 0 Å². The van der Waals surface area contributed by atoms with Gasteiger partial charge in [-0.25, -0.2) is 4.98 Å². The van der Waals surface area contributed by atoms with Crippen molar-refractivity contribution in [2.45, 2.75) is 19.1 Å². The van der Waals surface area contributed by atoms with Crippen LogP contribution in [0.2, 0.25) is 0 Å². The van der Waals surface area contributed by atoms with E-state index in [1.54, 1.807) is 48.6 Å². The van der Waals surface area contributed by atoms with Crippen molar-refractivity contribution in [2.24, 2.45) is 0 Å². The van der Waals surface area contributed by atoms with Crippen LogP contribution in [0.3, 0.4) is 0 Å². The summed E-state index contributed by atoms with van der Waals surface area (Å²) in [5.74, 6) is 1.29. The molecule has 3 rings (SSSR count). The molecule has 1 aliphatic heterocycles. The maximum atomic E-state index is 12.6. The lowest BCUT2D eigenvalue weighted by Gasteiger charge is -2.31. The minimum Gasteiger partial charge on any atom is -0.497 e. The molecule has 0 bridgehead atoms. The van der Waals surface area contributed by atoms with Gasteiger partial charge in [-0.15, -0.1) is 0 Å². The molecule has 2 aromatic rings. The van der Waals surface area contributed by atoms with Gasteiger partial charge in [0.1, 0.15) is 23.6 Å². The van der Waals surface area contributed by atoms with Crippen LogP contribution in [-0.4, -0.2) is 28.5 Å². The molecule has 1 aromatic heterocycles. The van der Waals surface area contributed by atoms with Gasteiger partial charge in [0.05, 0.1) is 19.0 Å². The number of methoxy groups -OCH3 is 1. The lowest BCUT2D eigenvalue weighted by atomic mass is 9.96. The first-order valence-corrected chi connectivity index (χ1v) is 6.07. The number of benzene rings is 1. The molecule has 0 fully saturated rings.